The van der Waals surface area contributed by atoms with Gasteiger partial charge in [-0.1, -0.05) is 48.5 Å². The van der Waals surface area contributed by atoms with Gasteiger partial charge < -0.3 is 9.47 Å². The highest BCUT2D eigenvalue weighted by Gasteiger charge is 2.39. The van der Waals surface area contributed by atoms with Crippen LogP contribution in [0.2, 0.25) is 0 Å². The fourth-order valence-corrected chi connectivity index (χ4v) is 4.25. The summed E-state index contributed by atoms with van der Waals surface area (Å²) in [5, 5.41) is 0. The number of hydrogen-bond acceptors (Lipinski definition) is 5. The van der Waals surface area contributed by atoms with Gasteiger partial charge in [-0.25, -0.2) is 9.59 Å². The van der Waals surface area contributed by atoms with Crippen LogP contribution in [0.25, 0.3) is 11.1 Å². The number of fused-ring (bicyclic) bond motifs is 3. The minimum atomic E-state index is -0.569. The van der Waals surface area contributed by atoms with Crippen LogP contribution in [0.5, 0.6) is 0 Å². The van der Waals surface area contributed by atoms with Crippen LogP contribution in [-0.4, -0.2) is 48.4 Å². The number of cyclic esters (lactones) is 1. The van der Waals surface area contributed by atoms with Gasteiger partial charge in [-0.2, -0.15) is 11.8 Å². The molecule has 0 N–H and O–H groups in total. The summed E-state index contributed by atoms with van der Waals surface area (Å²) in [6, 6.07) is 15.8. The lowest BCUT2D eigenvalue weighted by molar-refractivity contribution is -0.138. The Labute approximate surface area is 156 Å². The normalized spacial score (nSPS) is 18.4. The second kappa shape index (κ2) is 7.03. The number of ether oxygens (including phenoxy) is 2. The third kappa shape index (κ3) is 2.84. The third-order valence-corrected chi connectivity index (χ3v) is 5.54. The SMILES string of the molecule is CSCC1C(=O)OCN1C(=O)OCC1c2ccccc2-c2ccccc21. The smallest absolute Gasteiger partial charge is 0.413 e. The van der Waals surface area contributed by atoms with E-state index in [1.807, 2.05) is 30.5 Å². The van der Waals surface area contributed by atoms with Crippen molar-refractivity contribution in [3.05, 3.63) is 59.7 Å². The second-order valence-electron chi connectivity index (χ2n) is 6.34. The summed E-state index contributed by atoms with van der Waals surface area (Å²) in [5.74, 6) is 0.140. The van der Waals surface area contributed by atoms with Crippen LogP contribution in [0.15, 0.2) is 48.5 Å². The average molecular weight is 369 g/mol. The van der Waals surface area contributed by atoms with Gasteiger partial charge in [-0.15, -0.1) is 0 Å². The first-order valence-electron chi connectivity index (χ1n) is 8.48. The molecule has 1 unspecified atom stereocenters. The van der Waals surface area contributed by atoms with E-state index in [9.17, 15) is 9.59 Å². The number of amides is 1. The zero-order chi connectivity index (χ0) is 18.1. The molecule has 26 heavy (non-hydrogen) atoms. The molecular weight excluding hydrogens is 350 g/mol. The number of thioether (sulfide) groups is 1. The Bertz CT molecular complexity index is 808. The highest BCUT2D eigenvalue weighted by Crippen LogP contribution is 2.44. The molecule has 1 heterocycles. The topological polar surface area (TPSA) is 55.8 Å². The van der Waals surface area contributed by atoms with E-state index in [0.717, 1.165) is 11.1 Å². The highest BCUT2D eigenvalue weighted by molar-refractivity contribution is 7.98. The molecule has 2 aromatic carbocycles. The average Bonchev–Trinajstić information content (AvgIpc) is 3.19. The van der Waals surface area contributed by atoms with E-state index in [1.165, 1.54) is 27.8 Å². The lowest BCUT2D eigenvalue weighted by atomic mass is 9.98. The van der Waals surface area contributed by atoms with Crippen molar-refractivity contribution in [1.82, 2.24) is 4.90 Å². The van der Waals surface area contributed by atoms with E-state index >= 15 is 0 Å². The molecule has 134 valence electrons. The lowest BCUT2D eigenvalue weighted by Crippen LogP contribution is -2.40. The Kier molecular flexibility index (Phi) is 4.59. The monoisotopic (exact) mass is 369 g/mol. The molecule has 4 rings (SSSR count). The first-order chi connectivity index (χ1) is 12.7. The van der Waals surface area contributed by atoms with Crippen molar-refractivity contribution in [2.75, 3.05) is 25.3 Å². The molecule has 6 heteroatoms. The van der Waals surface area contributed by atoms with Crippen LogP contribution in [-0.2, 0) is 14.3 Å². The predicted molar refractivity (Wildman–Crippen MR) is 100 cm³/mol. The summed E-state index contributed by atoms with van der Waals surface area (Å²) in [4.78, 5) is 25.7. The minimum Gasteiger partial charge on any atom is -0.448 e. The quantitative estimate of drug-likeness (QED) is 0.773. The Morgan fingerprint density at radius 1 is 1.15 bits per heavy atom. The molecule has 0 spiro atoms. The molecule has 1 amide bonds. The zero-order valence-electron chi connectivity index (χ0n) is 14.4. The summed E-state index contributed by atoms with van der Waals surface area (Å²) in [6.45, 7) is 0.199. The maximum absolute atomic E-state index is 12.5. The Morgan fingerprint density at radius 2 is 1.77 bits per heavy atom. The fraction of sp³-hybridized carbons (Fsp3) is 0.300. The van der Waals surface area contributed by atoms with Gasteiger partial charge in [0, 0.05) is 11.7 Å². The van der Waals surface area contributed by atoms with E-state index < -0.39 is 12.1 Å². The Morgan fingerprint density at radius 3 is 2.38 bits per heavy atom. The summed E-state index contributed by atoms with van der Waals surface area (Å²) >= 11 is 1.50. The molecule has 1 aliphatic heterocycles. The second-order valence-corrected chi connectivity index (χ2v) is 7.25. The highest BCUT2D eigenvalue weighted by atomic mass is 32.2. The summed E-state index contributed by atoms with van der Waals surface area (Å²) in [6.07, 6.45) is 1.39. The Balaban J connectivity index is 1.51. The van der Waals surface area contributed by atoms with E-state index in [-0.39, 0.29) is 25.2 Å². The number of esters is 1. The molecule has 5 nitrogen and oxygen atoms in total. The first kappa shape index (κ1) is 17.0. The van der Waals surface area contributed by atoms with Gasteiger partial charge in [0.2, 0.25) is 0 Å². The Hall–Kier alpha value is -2.47. The summed E-state index contributed by atoms with van der Waals surface area (Å²) < 4.78 is 10.6. The van der Waals surface area contributed by atoms with Crippen LogP contribution < -0.4 is 0 Å². The van der Waals surface area contributed by atoms with Crippen LogP contribution in [0.3, 0.4) is 0 Å². The van der Waals surface area contributed by atoms with Gasteiger partial charge in [0.05, 0.1) is 0 Å². The zero-order valence-corrected chi connectivity index (χ0v) is 15.2. The number of carbonyl (C=O) groups is 2. The summed E-state index contributed by atoms with van der Waals surface area (Å²) in [7, 11) is 0. The van der Waals surface area contributed by atoms with Crippen molar-refractivity contribution < 1.29 is 19.1 Å². The third-order valence-electron chi connectivity index (χ3n) is 4.89. The molecular formula is C20H19NO4S. The number of rotatable bonds is 4. The van der Waals surface area contributed by atoms with Crippen molar-refractivity contribution in [2.24, 2.45) is 0 Å². The standard InChI is InChI=1S/C20H19NO4S/c1-26-11-18-19(22)25-12-21(18)20(23)24-10-17-15-8-4-2-6-13(15)14-7-3-5-9-16(14)17/h2-9,17-18H,10-12H2,1H3. The molecule has 1 fully saturated rings. The van der Waals surface area contributed by atoms with Crippen molar-refractivity contribution in [1.29, 1.82) is 0 Å². The van der Waals surface area contributed by atoms with Crippen LogP contribution in [0.4, 0.5) is 4.79 Å². The maximum Gasteiger partial charge on any atom is 0.413 e. The van der Waals surface area contributed by atoms with E-state index in [1.54, 1.807) is 0 Å². The fourth-order valence-electron chi connectivity index (χ4n) is 3.62. The number of carbonyl (C=O) groups excluding carboxylic acids is 2. The molecule has 0 aromatic heterocycles. The minimum absolute atomic E-state index is 0.00423. The molecule has 2 aromatic rings. The van der Waals surface area contributed by atoms with Gasteiger partial charge in [0.1, 0.15) is 12.6 Å². The van der Waals surface area contributed by atoms with Crippen LogP contribution in [0, 0.1) is 0 Å². The van der Waals surface area contributed by atoms with Crippen molar-refractivity contribution in [3.63, 3.8) is 0 Å². The van der Waals surface area contributed by atoms with Crippen LogP contribution >= 0.6 is 11.8 Å². The predicted octanol–water partition coefficient (Wildman–Crippen LogP) is 3.48. The first-order valence-corrected chi connectivity index (χ1v) is 9.87. The van der Waals surface area contributed by atoms with Gasteiger partial charge >= 0.3 is 12.1 Å². The number of benzene rings is 2. The van der Waals surface area contributed by atoms with E-state index in [4.69, 9.17) is 9.47 Å². The molecule has 1 aliphatic carbocycles. The maximum atomic E-state index is 12.5. The van der Waals surface area contributed by atoms with Gasteiger partial charge in [0.25, 0.3) is 0 Å². The largest absolute Gasteiger partial charge is 0.448 e. The molecule has 1 atom stereocenters. The van der Waals surface area contributed by atoms with Gasteiger partial charge in [0.15, 0.2) is 6.73 Å². The van der Waals surface area contributed by atoms with Crippen molar-refractivity contribution in [3.8, 4) is 11.1 Å². The van der Waals surface area contributed by atoms with Gasteiger partial charge in [-0.3, -0.25) is 4.90 Å². The molecule has 0 bridgehead atoms. The molecule has 0 saturated carbocycles. The summed E-state index contributed by atoms with van der Waals surface area (Å²) in [5.41, 5.74) is 4.69. The van der Waals surface area contributed by atoms with E-state index in [2.05, 4.69) is 24.3 Å². The molecule has 1 saturated heterocycles. The number of nitrogens with zero attached hydrogens (tertiary/aromatic N) is 1. The van der Waals surface area contributed by atoms with Crippen molar-refractivity contribution in [2.45, 2.75) is 12.0 Å². The van der Waals surface area contributed by atoms with Crippen molar-refractivity contribution >= 4 is 23.8 Å². The van der Waals surface area contributed by atoms with E-state index in [0.29, 0.717) is 5.75 Å². The lowest BCUT2D eigenvalue weighted by Gasteiger charge is -2.21. The van der Waals surface area contributed by atoms with Crippen LogP contribution in [0.1, 0.15) is 17.0 Å². The number of hydrogen-bond donors (Lipinski definition) is 0. The molecule has 2 aliphatic rings. The van der Waals surface area contributed by atoms with Gasteiger partial charge in [-0.05, 0) is 28.5 Å². The molecule has 0 radical (unpaired) electrons.